The lowest BCUT2D eigenvalue weighted by Crippen LogP contribution is -2.47. The Bertz CT molecular complexity index is 1240. The van der Waals surface area contributed by atoms with E-state index in [0.29, 0.717) is 24.7 Å². The number of aromatic nitrogens is 3. The Morgan fingerprint density at radius 2 is 1.76 bits per heavy atom. The molecule has 6 nitrogen and oxygen atoms in total. The van der Waals surface area contributed by atoms with E-state index in [4.69, 9.17) is 0 Å². The number of hydrogen-bond donors (Lipinski definition) is 0. The van der Waals surface area contributed by atoms with Gasteiger partial charge >= 0.3 is 0 Å². The van der Waals surface area contributed by atoms with Crippen LogP contribution in [-0.2, 0) is 24.8 Å². The van der Waals surface area contributed by atoms with Gasteiger partial charge in [0, 0.05) is 68.9 Å². The first-order valence-corrected chi connectivity index (χ1v) is 13.9. The maximum absolute atomic E-state index is 15.6. The van der Waals surface area contributed by atoms with Gasteiger partial charge in [-0.2, -0.15) is 5.10 Å². The molecule has 0 radical (unpaired) electrons. The number of nitrogens with zero attached hydrogens (tertiary/aromatic N) is 5. The Hall–Kier alpha value is -2.64. The molecule has 2 aliphatic rings. The fourth-order valence-electron chi connectivity index (χ4n) is 5.88. The summed E-state index contributed by atoms with van der Waals surface area (Å²) >= 11 is 0. The maximum Gasteiger partial charge on any atom is 0.175 e. The van der Waals surface area contributed by atoms with Crippen LogP contribution in [0, 0.1) is 5.92 Å². The third kappa shape index (κ3) is 5.93. The first kappa shape index (κ1) is 26.0. The number of aryl methyl sites for hydroxylation is 1. The fraction of sp³-hybridized carbons (Fsp3) is 0.567. The summed E-state index contributed by atoms with van der Waals surface area (Å²) in [5.41, 5.74) is 2.35. The Morgan fingerprint density at radius 3 is 2.49 bits per heavy atom. The van der Waals surface area contributed by atoms with Gasteiger partial charge < -0.3 is 4.90 Å². The number of carbonyl (C=O) groups excluding carboxylic acids is 1. The monoisotopic (exact) mass is 505 g/mol. The van der Waals surface area contributed by atoms with Gasteiger partial charge in [0.1, 0.15) is 0 Å². The molecular formula is C30H40FN5O. The largest absolute Gasteiger partial charge is 0.303 e. The number of carbonyl (C=O) groups is 1. The molecule has 2 aromatic heterocycles. The average molecular weight is 506 g/mol. The van der Waals surface area contributed by atoms with E-state index in [-0.39, 0.29) is 25.0 Å². The highest BCUT2D eigenvalue weighted by Crippen LogP contribution is 2.31. The van der Waals surface area contributed by atoms with E-state index in [1.54, 1.807) is 6.20 Å². The van der Waals surface area contributed by atoms with Gasteiger partial charge in [0.2, 0.25) is 0 Å². The topological polar surface area (TPSA) is 54.3 Å². The minimum atomic E-state index is -1.75. The van der Waals surface area contributed by atoms with Crippen molar-refractivity contribution in [2.24, 2.45) is 13.0 Å². The Labute approximate surface area is 219 Å². The highest BCUT2D eigenvalue weighted by atomic mass is 19.1. The summed E-state index contributed by atoms with van der Waals surface area (Å²) in [5, 5.41) is 6.59. The van der Waals surface area contributed by atoms with Crippen LogP contribution in [-0.4, -0.2) is 68.7 Å². The zero-order valence-electron chi connectivity index (χ0n) is 22.5. The SMILES string of the molecule is CC(C)CN1CCC(F)(C(=O)Cc2cc3cc(-c4cnn(C)c4CN4CCCCC4)ccc3cn2)CC1. The highest BCUT2D eigenvalue weighted by molar-refractivity contribution is 5.91. The summed E-state index contributed by atoms with van der Waals surface area (Å²) in [5.74, 6) is 0.206. The molecule has 0 atom stereocenters. The maximum atomic E-state index is 15.6. The van der Waals surface area contributed by atoms with Crippen LogP contribution in [0.25, 0.3) is 21.9 Å². The number of Topliss-reactive ketones (excluding diaryl/α,β-unsaturated/α-hetero) is 1. The van der Waals surface area contributed by atoms with Crippen molar-refractivity contribution in [1.29, 1.82) is 0 Å². The molecule has 198 valence electrons. The number of pyridine rings is 1. The van der Waals surface area contributed by atoms with Gasteiger partial charge in [0.25, 0.3) is 0 Å². The van der Waals surface area contributed by atoms with Crippen LogP contribution in [0.5, 0.6) is 0 Å². The van der Waals surface area contributed by atoms with E-state index < -0.39 is 5.67 Å². The van der Waals surface area contributed by atoms with Crippen LogP contribution in [0.15, 0.2) is 36.7 Å². The molecule has 5 rings (SSSR count). The van der Waals surface area contributed by atoms with Gasteiger partial charge in [-0.3, -0.25) is 19.4 Å². The second kappa shape index (κ2) is 11.0. The van der Waals surface area contributed by atoms with Gasteiger partial charge in [-0.05, 0) is 54.9 Å². The number of alkyl halides is 1. The molecule has 0 N–H and O–H groups in total. The lowest BCUT2D eigenvalue weighted by atomic mass is 9.86. The second-order valence-corrected chi connectivity index (χ2v) is 11.5. The molecule has 0 amide bonds. The molecular weight excluding hydrogens is 465 g/mol. The van der Waals surface area contributed by atoms with E-state index in [1.807, 2.05) is 24.0 Å². The molecule has 0 spiro atoms. The summed E-state index contributed by atoms with van der Waals surface area (Å²) in [7, 11) is 2.01. The molecule has 0 bridgehead atoms. The van der Waals surface area contributed by atoms with Gasteiger partial charge in [-0.15, -0.1) is 0 Å². The number of likely N-dealkylation sites (tertiary alicyclic amines) is 2. The summed E-state index contributed by atoms with van der Waals surface area (Å²) in [6, 6.07) is 8.29. The van der Waals surface area contributed by atoms with Crippen LogP contribution in [0.2, 0.25) is 0 Å². The predicted molar refractivity (Wildman–Crippen MR) is 146 cm³/mol. The number of rotatable bonds is 8. The Kier molecular flexibility index (Phi) is 7.72. The zero-order valence-corrected chi connectivity index (χ0v) is 22.5. The minimum Gasteiger partial charge on any atom is -0.303 e. The Balaban J connectivity index is 1.32. The quantitative estimate of drug-likeness (QED) is 0.422. The summed E-state index contributed by atoms with van der Waals surface area (Å²) in [6.07, 6.45) is 8.17. The first-order chi connectivity index (χ1) is 17.8. The summed E-state index contributed by atoms with van der Waals surface area (Å²) in [4.78, 5) is 22.3. The van der Waals surface area contributed by atoms with Crippen LogP contribution in [0.4, 0.5) is 4.39 Å². The van der Waals surface area contributed by atoms with E-state index in [0.717, 1.165) is 48.1 Å². The highest BCUT2D eigenvalue weighted by Gasteiger charge is 2.41. The van der Waals surface area contributed by atoms with E-state index >= 15 is 4.39 Å². The van der Waals surface area contributed by atoms with Gasteiger partial charge in [-0.25, -0.2) is 4.39 Å². The molecule has 37 heavy (non-hydrogen) atoms. The van der Waals surface area contributed by atoms with Crippen molar-refractivity contribution in [3.05, 3.63) is 48.0 Å². The molecule has 2 fully saturated rings. The third-order valence-corrected chi connectivity index (χ3v) is 8.09. The van der Waals surface area contributed by atoms with Crippen molar-refractivity contribution in [2.45, 2.75) is 64.6 Å². The summed E-state index contributed by atoms with van der Waals surface area (Å²) in [6.45, 7) is 9.74. The minimum absolute atomic E-state index is 0.0357. The van der Waals surface area contributed by atoms with E-state index in [9.17, 15) is 4.79 Å². The van der Waals surface area contributed by atoms with Crippen molar-refractivity contribution >= 4 is 16.6 Å². The molecule has 4 heterocycles. The van der Waals surface area contributed by atoms with Crippen molar-refractivity contribution in [3.63, 3.8) is 0 Å². The molecule has 3 aromatic rings. The number of fused-ring (bicyclic) bond motifs is 1. The number of hydrogen-bond acceptors (Lipinski definition) is 5. The average Bonchev–Trinajstić information content (AvgIpc) is 3.25. The lowest BCUT2D eigenvalue weighted by Gasteiger charge is -2.36. The third-order valence-electron chi connectivity index (χ3n) is 8.09. The van der Waals surface area contributed by atoms with Crippen molar-refractivity contribution in [3.8, 4) is 11.1 Å². The first-order valence-electron chi connectivity index (χ1n) is 13.9. The number of piperidine rings is 2. The molecule has 7 heteroatoms. The summed E-state index contributed by atoms with van der Waals surface area (Å²) < 4.78 is 17.6. The molecule has 0 aliphatic carbocycles. The normalized spacial score (nSPS) is 19.1. The smallest absolute Gasteiger partial charge is 0.175 e. The van der Waals surface area contributed by atoms with E-state index in [2.05, 4.69) is 51.9 Å². The van der Waals surface area contributed by atoms with Gasteiger partial charge in [0.05, 0.1) is 18.3 Å². The predicted octanol–water partition coefficient (Wildman–Crippen LogP) is 5.19. The fourth-order valence-corrected chi connectivity index (χ4v) is 5.88. The molecule has 2 aliphatic heterocycles. The lowest BCUT2D eigenvalue weighted by molar-refractivity contribution is -0.133. The van der Waals surface area contributed by atoms with Gasteiger partial charge in [-0.1, -0.05) is 32.4 Å². The standard InChI is InChI=1S/C30H40FN5O/c1-22(2)20-36-13-9-30(31,10-14-36)29(37)17-26-16-25-15-23(7-8-24(25)18-32-26)27-19-33-34(3)28(27)21-35-11-5-4-6-12-35/h7-8,15-16,18-19,22H,4-6,9-14,17,20-21H2,1-3H3. The number of benzene rings is 1. The molecule has 0 unspecified atom stereocenters. The molecule has 2 saturated heterocycles. The van der Waals surface area contributed by atoms with Crippen molar-refractivity contribution in [1.82, 2.24) is 24.6 Å². The number of halogens is 1. The zero-order chi connectivity index (χ0) is 26.0. The van der Waals surface area contributed by atoms with Crippen molar-refractivity contribution in [2.75, 3.05) is 32.7 Å². The second-order valence-electron chi connectivity index (χ2n) is 11.5. The number of ketones is 1. The van der Waals surface area contributed by atoms with Crippen LogP contribution in [0.1, 0.15) is 57.3 Å². The Morgan fingerprint density at radius 1 is 1.00 bits per heavy atom. The van der Waals surface area contributed by atoms with Crippen molar-refractivity contribution < 1.29 is 9.18 Å². The molecule has 0 saturated carbocycles. The van der Waals surface area contributed by atoms with E-state index in [1.165, 1.54) is 25.0 Å². The van der Waals surface area contributed by atoms with Crippen LogP contribution >= 0.6 is 0 Å². The van der Waals surface area contributed by atoms with Crippen LogP contribution < -0.4 is 0 Å². The molecule has 1 aromatic carbocycles. The van der Waals surface area contributed by atoms with Crippen LogP contribution in [0.3, 0.4) is 0 Å². The van der Waals surface area contributed by atoms with Gasteiger partial charge in [0.15, 0.2) is 11.5 Å².